The smallest absolute Gasteiger partial charge is 0.195 e. The molecule has 0 aliphatic carbocycles. The van der Waals surface area contributed by atoms with E-state index in [1.807, 2.05) is 4.57 Å². The Morgan fingerprint density at radius 1 is 1.58 bits per heavy atom. The number of H-pyrrole nitrogens is 1. The molecule has 2 rings (SSSR count). The van der Waals surface area contributed by atoms with Crippen LogP contribution in [0.4, 0.5) is 0 Å². The van der Waals surface area contributed by atoms with Crippen LogP contribution in [-0.2, 0) is 13.2 Å². The quantitative estimate of drug-likeness (QED) is 0.644. The number of nitrogens with zero attached hydrogens (tertiary/aromatic N) is 2. The number of hydrogen-bond acceptors (Lipinski definition) is 3. The molecule has 1 aromatic heterocycles. The van der Waals surface area contributed by atoms with Gasteiger partial charge in [0.1, 0.15) is 12.4 Å². The van der Waals surface area contributed by atoms with Gasteiger partial charge in [0.15, 0.2) is 10.6 Å². The van der Waals surface area contributed by atoms with Crippen LogP contribution < -0.4 is 4.74 Å². The molecule has 0 spiro atoms. The van der Waals surface area contributed by atoms with Crippen molar-refractivity contribution in [3.63, 3.8) is 0 Å². The third kappa shape index (κ3) is 3.46. The number of rotatable bonds is 5. The standard InChI is InChI=1S/C12H11BrClN3OS/c1-2-5-17-11(15-16-12(17)19)7-18-10-4-3-8(14)6-9(10)13/h2-4,6H,1,5,7H2,(H,16,19). The molecule has 100 valence electrons. The molecule has 0 bridgehead atoms. The van der Waals surface area contributed by atoms with E-state index in [1.54, 1.807) is 24.3 Å². The first-order valence-corrected chi connectivity index (χ1v) is 7.02. The lowest BCUT2D eigenvalue weighted by Crippen LogP contribution is -2.06. The monoisotopic (exact) mass is 359 g/mol. The molecule has 4 nitrogen and oxygen atoms in total. The van der Waals surface area contributed by atoms with Gasteiger partial charge in [-0.05, 0) is 46.3 Å². The van der Waals surface area contributed by atoms with Crippen molar-refractivity contribution in [3.05, 3.63) is 50.9 Å². The molecule has 1 aromatic carbocycles. The van der Waals surface area contributed by atoms with Crippen molar-refractivity contribution in [2.45, 2.75) is 13.2 Å². The third-order valence-electron chi connectivity index (χ3n) is 2.40. The molecule has 19 heavy (non-hydrogen) atoms. The second-order valence-corrected chi connectivity index (χ2v) is 5.39. The van der Waals surface area contributed by atoms with Crippen molar-refractivity contribution >= 4 is 39.7 Å². The van der Waals surface area contributed by atoms with Gasteiger partial charge >= 0.3 is 0 Å². The maximum atomic E-state index is 5.87. The highest BCUT2D eigenvalue weighted by Crippen LogP contribution is 2.28. The lowest BCUT2D eigenvalue weighted by molar-refractivity contribution is 0.288. The lowest BCUT2D eigenvalue weighted by Gasteiger charge is -2.08. The largest absolute Gasteiger partial charge is 0.484 e. The summed E-state index contributed by atoms with van der Waals surface area (Å²) in [5, 5.41) is 7.51. The SMILES string of the molecule is C=CCn1c(COc2ccc(Cl)cc2Br)n[nH]c1=S. The highest BCUT2D eigenvalue weighted by atomic mass is 79.9. The minimum absolute atomic E-state index is 0.307. The van der Waals surface area contributed by atoms with Crippen LogP contribution in [0.15, 0.2) is 35.3 Å². The molecule has 2 aromatic rings. The predicted octanol–water partition coefficient (Wildman–Crippen LogP) is 4.12. The molecular weight excluding hydrogens is 350 g/mol. The van der Waals surface area contributed by atoms with E-state index in [4.69, 9.17) is 28.6 Å². The molecule has 1 N–H and O–H groups in total. The molecule has 0 unspecified atom stereocenters. The van der Waals surface area contributed by atoms with E-state index >= 15 is 0 Å². The fraction of sp³-hybridized carbons (Fsp3) is 0.167. The molecule has 1 heterocycles. The Bertz CT molecular complexity index is 653. The van der Waals surface area contributed by atoms with Crippen molar-refractivity contribution < 1.29 is 4.74 Å². The maximum absolute atomic E-state index is 5.87. The third-order valence-corrected chi connectivity index (χ3v) is 3.57. The first-order chi connectivity index (χ1) is 9.11. The summed E-state index contributed by atoms with van der Waals surface area (Å²) in [5.74, 6) is 1.41. The number of hydrogen-bond donors (Lipinski definition) is 1. The zero-order valence-electron chi connectivity index (χ0n) is 9.90. The normalized spacial score (nSPS) is 10.4. The molecule has 0 aliphatic rings. The highest BCUT2D eigenvalue weighted by Gasteiger charge is 2.07. The molecule has 0 aliphatic heterocycles. The van der Waals surface area contributed by atoms with Gasteiger partial charge in [0.2, 0.25) is 0 Å². The molecule has 7 heteroatoms. The zero-order chi connectivity index (χ0) is 13.8. The van der Waals surface area contributed by atoms with E-state index < -0.39 is 0 Å². The van der Waals surface area contributed by atoms with Gasteiger partial charge in [-0.3, -0.25) is 9.67 Å². The Morgan fingerprint density at radius 2 is 2.37 bits per heavy atom. The van der Waals surface area contributed by atoms with E-state index in [1.165, 1.54) is 0 Å². The van der Waals surface area contributed by atoms with Gasteiger partial charge in [-0.1, -0.05) is 17.7 Å². The van der Waals surface area contributed by atoms with E-state index in [0.717, 1.165) is 4.47 Å². The van der Waals surface area contributed by atoms with E-state index in [2.05, 4.69) is 32.7 Å². The van der Waals surface area contributed by atoms with E-state index in [9.17, 15) is 0 Å². The average Bonchev–Trinajstić information content (AvgIpc) is 2.71. The fourth-order valence-corrected chi connectivity index (χ4v) is 2.54. The first kappa shape index (κ1) is 14.3. The van der Waals surface area contributed by atoms with E-state index in [0.29, 0.717) is 34.5 Å². The molecule has 0 atom stereocenters. The number of halogens is 2. The Hall–Kier alpha value is -1.11. The summed E-state index contributed by atoms with van der Waals surface area (Å²) in [6, 6.07) is 5.34. The van der Waals surface area contributed by atoms with Crippen molar-refractivity contribution in [3.8, 4) is 5.75 Å². The van der Waals surface area contributed by atoms with Crippen LogP contribution in [0.2, 0.25) is 5.02 Å². The van der Waals surface area contributed by atoms with Gasteiger partial charge in [0, 0.05) is 11.6 Å². The van der Waals surface area contributed by atoms with E-state index in [-0.39, 0.29) is 0 Å². The lowest BCUT2D eigenvalue weighted by atomic mass is 10.3. The summed E-state index contributed by atoms with van der Waals surface area (Å²) in [7, 11) is 0. The molecular formula is C12H11BrClN3OS. The minimum Gasteiger partial charge on any atom is -0.484 e. The summed E-state index contributed by atoms with van der Waals surface area (Å²) in [5.41, 5.74) is 0. The number of aromatic amines is 1. The fourth-order valence-electron chi connectivity index (χ4n) is 1.51. The summed E-state index contributed by atoms with van der Waals surface area (Å²) in [6.45, 7) is 4.59. The zero-order valence-corrected chi connectivity index (χ0v) is 13.1. The summed E-state index contributed by atoms with van der Waals surface area (Å²) in [4.78, 5) is 0. The number of aromatic nitrogens is 3. The van der Waals surface area contributed by atoms with Crippen LogP contribution in [-0.4, -0.2) is 14.8 Å². The molecule has 0 amide bonds. The van der Waals surface area contributed by atoms with Crippen LogP contribution in [0.5, 0.6) is 5.75 Å². The second-order valence-electron chi connectivity index (χ2n) is 3.71. The first-order valence-electron chi connectivity index (χ1n) is 5.44. The van der Waals surface area contributed by atoms with Crippen molar-refractivity contribution in [2.75, 3.05) is 0 Å². The maximum Gasteiger partial charge on any atom is 0.195 e. The van der Waals surface area contributed by atoms with Gasteiger partial charge in [-0.2, -0.15) is 5.10 Å². The number of ether oxygens (including phenoxy) is 1. The summed E-state index contributed by atoms with van der Waals surface area (Å²) >= 11 is 14.4. The van der Waals surface area contributed by atoms with Gasteiger partial charge in [0.25, 0.3) is 0 Å². The van der Waals surface area contributed by atoms with Crippen LogP contribution in [0.1, 0.15) is 5.82 Å². The summed E-state index contributed by atoms with van der Waals surface area (Å²) < 4.78 is 8.86. The van der Waals surface area contributed by atoms with Gasteiger partial charge in [-0.15, -0.1) is 6.58 Å². The van der Waals surface area contributed by atoms with Gasteiger partial charge in [0.05, 0.1) is 4.47 Å². The average molecular weight is 361 g/mol. The van der Waals surface area contributed by atoms with Gasteiger partial charge in [-0.25, -0.2) is 0 Å². The number of allylic oxidation sites excluding steroid dienone is 1. The molecule has 0 saturated heterocycles. The molecule has 0 fully saturated rings. The molecule has 0 saturated carbocycles. The Balaban J connectivity index is 2.14. The second kappa shape index (κ2) is 6.36. The minimum atomic E-state index is 0.307. The Kier molecular flexibility index (Phi) is 4.79. The Labute approximate surface area is 129 Å². The summed E-state index contributed by atoms with van der Waals surface area (Å²) in [6.07, 6.45) is 1.76. The van der Waals surface area contributed by atoms with Crippen LogP contribution in [0.25, 0.3) is 0 Å². The number of benzene rings is 1. The van der Waals surface area contributed by atoms with Crippen molar-refractivity contribution in [1.29, 1.82) is 0 Å². The highest BCUT2D eigenvalue weighted by molar-refractivity contribution is 9.10. The predicted molar refractivity (Wildman–Crippen MR) is 81.1 cm³/mol. The number of nitrogens with one attached hydrogen (secondary N) is 1. The van der Waals surface area contributed by atoms with Crippen LogP contribution >= 0.6 is 39.7 Å². The Morgan fingerprint density at radius 3 is 3.05 bits per heavy atom. The van der Waals surface area contributed by atoms with Crippen molar-refractivity contribution in [1.82, 2.24) is 14.8 Å². The molecule has 0 radical (unpaired) electrons. The topological polar surface area (TPSA) is 42.8 Å². The van der Waals surface area contributed by atoms with Crippen molar-refractivity contribution in [2.24, 2.45) is 0 Å². The van der Waals surface area contributed by atoms with Crippen LogP contribution in [0.3, 0.4) is 0 Å². The van der Waals surface area contributed by atoms with Crippen LogP contribution in [0, 0.1) is 4.77 Å². The van der Waals surface area contributed by atoms with Gasteiger partial charge < -0.3 is 4.74 Å².